The number of amides is 1. The number of carbonyl (C=O) groups excluding carboxylic acids is 1. The molecule has 0 radical (unpaired) electrons. The highest BCUT2D eigenvalue weighted by Gasteiger charge is 2.30. The minimum absolute atomic E-state index is 0.0442. The van der Waals surface area contributed by atoms with Gasteiger partial charge in [0.05, 0.1) is 5.92 Å². The van der Waals surface area contributed by atoms with Crippen LogP contribution < -0.4 is 11.1 Å². The average Bonchev–Trinajstić information content (AvgIpc) is 2.64. The van der Waals surface area contributed by atoms with E-state index in [2.05, 4.69) is 15.3 Å². The highest BCUT2D eigenvalue weighted by molar-refractivity contribution is 6.28. The zero-order chi connectivity index (χ0) is 11.5. The van der Waals surface area contributed by atoms with Crippen molar-refractivity contribution in [3.05, 3.63) is 17.5 Å². The van der Waals surface area contributed by atoms with Crippen molar-refractivity contribution in [1.29, 1.82) is 0 Å². The Hall–Kier alpha value is -1.20. The van der Waals surface area contributed by atoms with E-state index in [0.717, 1.165) is 19.3 Å². The van der Waals surface area contributed by atoms with Crippen LogP contribution in [0.5, 0.6) is 0 Å². The van der Waals surface area contributed by atoms with Crippen molar-refractivity contribution in [2.24, 2.45) is 11.7 Å². The number of carbonyl (C=O) groups is 1. The van der Waals surface area contributed by atoms with E-state index in [1.807, 2.05) is 0 Å². The fourth-order valence-electron chi connectivity index (χ4n) is 1.94. The van der Waals surface area contributed by atoms with Gasteiger partial charge in [-0.25, -0.2) is 9.97 Å². The molecule has 16 heavy (non-hydrogen) atoms. The van der Waals surface area contributed by atoms with Crippen LogP contribution in [0.1, 0.15) is 19.3 Å². The van der Waals surface area contributed by atoms with Crippen LogP contribution >= 0.6 is 11.6 Å². The van der Waals surface area contributed by atoms with E-state index >= 15 is 0 Å². The molecule has 1 amide bonds. The van der Waals surface area contributed by atoms with E-state index < -0.39 is 0 Å². The number of rotatable bonds is 2. The number of hydrogen-bond donors (Lipinski definition) is 2. The number of nitrogens with two attached hydrogens (primary N) is 1. The standard InChI is InChI=1S/C10H13ClN4O/c11-10-13-5-4-8(15-10)14-9(16)6-2-1-3-7(6)12/h4-7H,1-3,12H2,(H,13,14,15,16). The van der Waals surface area contributed by atoms with Crippen LogP contribution in [0.2, 0.25) is 5.28 Å². The lowest BCUT2D eigenvalue weighted by Gasteiger charge is -2.14. The lowest BCUT2D eigenvalue weighted by molar-refractivity contribution is -0.120. The Morgan fingerprint density at radius 3 is 3.00 bits per heavy atom. The number of halogens is 1. The first-order chi connectivity index (χ1) is 7.66. The molecule has 0 aromatic carbocycles. The predicted octanol–water partition coefficient (Wildman–Crippen LogP) is 1.20. The second-order valence-electron chi connectivity index (χ2n) is 3.90. The van der Waals surface area contributed by atoms with Crippen molar-refractivity contribution >= 4 is 23.3 Å². The molecule has 0 bridgehead atoms. The molecule has 2 atom stereocenters. The topological polar surface area (TPSA) is 80.9 Å². The molecule has 0 aliphatic heterocycles. The van der Waals surface area contributed by atoms with Gasteiger partial charge in [0.1, 0.15) is 5.82 Å². The summed E-state index contributed by atoms with van der Waals surface area (Å²) in [6.07, 6.45) is 4.25. The van der Waals surface area contributed by atoms with E-state index in [0.29, 0.717) is 5.82 Å². The molecule has 1 fully saturated rings. The van der Waals surface area contributed by atoms with Crippen molar-refractivity contribution in [3.8, 4) is 0 Å². The number of nitrogens with zero attached hydrogens (tertiary/aromatic N) is 2. The summed E-state index contributed by atoms with van der Waals surface area (Å²) in [6.45, 7) is 0. The number of anilines is 1. The van der Waals surface area contributed by atoms with Crippen LogP contribution in [0.4, 0.5) is 5.82 Å². The third-order valence-corrected chi connectivity index (χ3v) is 2.97. The minimum atomic E-state index is -0.117. The Balaban J connectivity index is 2.02. The summed E-state index contributed by atoms with van der Waals surface area (Å²) >= 11 is 5.62. The second kappa shape index (κ2) is 4.76. The maximum Gasteiger partial charge on any atom is 0.230 e. The van der Waals surface area contributed by atoms with E-state index in [1.165, 1.54) is 6.20 Å². The van der Waals surface area contributed by atoms with Gasteiger partial charge in [-0.15, -0.1) is 0 Å². The maximum absolute atomic E-state index is 11.8. The molecule has 1 aliphatic carbocycles. The molecule has 0 saturated heterocycles. The van der Waals surface area contributed by atoms with Gasteiger partial charge in [0.15, 0.2) is 0 Å². The fraction of sp³-hybridized carbons (Fsp3) is 0.500. The van der Waals surface area contributed by atoms with Gasteiger partial charge in [0, 0.05) is 12.2 Å². The smallest absolute Gasteiger partial charge is 0.230 e. The summed E-state index contributed by atoms with van der Waals surface area (Å²) < 4.78 is 0. The lowest BCUT2D eigenvalue weighted by Crippen LogP contribution is -2.34. The molecule has 2 rings (SSSR count). The maximum atomic E-state index is 11.8. The van der Waals surface area contributed by atoms with Gasteiger partial charge in [0.2, 0.25) is 11.2 Å². The van der Waals surface area contributed by atoms with Gasteiger partial charge in [-0.1, -0.05) is 6.42 Å². The summed E-state index contributed by atoms with van der Waals surface area (Å²) in [6, 6.07) is 1.56. The van der Waals surface area contributed by atoms with Gasteiger partial charge in [-0.05, 0) is 30.5 Å². The van der Waals surface area contributed by atoms with Crippen LogP contribution in [0.15, 0.2) is 12.3 Å². The molecule has 2 unspecified atom stereocenters. The van der Waals surface area contributed by atoms with E-state index in [1.54, 1.807) is 6.07 Å². The molecule has 1 aromatic heterocycles. The Morgan fingerprint density at radius 2 is 2.38 bits per heavy atom. The highest BCUT2D eigenvalue weighted by Crippen LogP contribution is 2.25. The summed E-state index contributed by atoms with van der Waals surface area (Å²) in [5.41, 5.74) is 5.84. The number of aromatic nitrogens is 2. The van der Waals surface area contributed by atoms with Crippen molar-refractivity contribution in [3.63, 3.8) is 0 Å². The first kappa shape index (κ1) is 11.3. The number of hydrogen-bond acceptors (Lipinski definition) is 4. The van der Waals surface area contributed by atoms with Gasteiger partial charge in [-0.2, -0.15) is 0 Å². The molecule has 86 valence electrons. The molecular formula is C10H13ClN4O. The summed E-state index contributed by atoms with van der Waals surface area (Å²) in [4.78, 5) is 19.5. The summed E-state index contributed by atoms with van der Waals surface area (Å²) in [5.74, 6) is 0.220. The Morgan fingerprint density at radius 1 is 1.56 bits per heavy atom. The average molecular weight is 241 g/mol. The molecule has 1 aliphatic rings. The van der Waals surface area contributed by atoms with Crippen molar-refractivity contribution in [2.75, 3.05) is 5.32 Å². The van der Waals surface area contributed by atoms with Crippen LogP contribution in [0, 0.1) is 5.92 Å². The number of nitrogens with one attached hydrogen (secondary N) is 1. The van der Waals surface area contributed by atoms with Crippen molar-refractivity contribution in [1.82, 2.24) is 9.97 Å². The Bertz CT molecular complexity index is 398. The van der Waals surface area contributed by atoms with Crippen LogP contribution in [0.25, 0.3) is 0 Å². The van der Waals surface area contributed by atoms with Crippen LogP contribution in [-0.2, 0) is 4.79 Å². The predicted molar refractivity (Wildman–Crippen MR) is 61.0 cm³/mol. The van der Waals surface area contributed by atoms with Gasteiger partial charge in [0.25, 0.3) is 0 Å². The largest absolute Gasteiger partial charge is 0.327 e. The molecule has 1 aromatic rings. The molecule has 6 heteroatoms. The zero-order valence-corrected chi connectivity index (χ0v) is 9.44. The van der Waals surface area contributed by atoms with Crippen LogP contribution in [-0.4, -0.2) is 21.9 Å². The zero-order valence-electron chi connectivity index (χ0n) is 8.69. The fourth-order valence-corrected chi connectivity index (χ4v) is 2.09. The SMILES string of the molecule is NC1CCCC1C(=O)Nc1ccnc(Cl)n1. The third kappa shape index (κ3) is 2.48. The van der Waals surface area contributed by atoms with Crippen molar-refractivity contribution in [2.45, 2.75) is 25.3 Å². The summed E-state index contributed by atoms with van der Waals surface area (Å²) in [7, 11) is 0. The van der Waals surface area contributed by atoms with E-state index in [4.69, 9.17) is 17.3 Å². The van der Waals surface area contributed by atoms with Crippen LogP contribution in [0.3, 0.4) is 0 Å². The monoisotopic (exact) mass is 240 g/mol. The first-order valence-electron chi connectivity index (χ1n) is 5.22. The van der Waals surface area contributed by atoms with Crippen molar-refractivity contribution < 1.29 is 4.79 Å². The molecule has 0 spiro atoms. The van der Waals surface area contributed by atoms with E-state index in [9.17, 15) is 4.79 Å². The molecular weight excluding hydrogens is 228 g/mol. The van der Waals surface area contributed by atoms with E-state index in [-0.39, 0.29) is 23.2 Å². The molecule has 5 nitrogen and oxygen atoms in total. The first-order valence-corrected chi connectivity index (χ1v) is 5.59. The second-order valence-corrected chi connectivity index (χ2v) is 4.24. The summed E-state index contributed by atoms with van der Waals surface area (Å²) in [5, 5.41) is 2.82. The minimum Gasteiger partial charge on any atom is -0.327 e. The quantitative estimate of drug-likeness (QED) is 0.761. The Labute approximate surface area is 98.4 Å². The highest BCUT2D eigenvalue weighted by atomic mass is 35.5. The van der Waals surface area contributed by atoms with Gasteiger partial charge >= 0.3 is 0 Å². The van der Waals surface area contributed by atoms with Gasteiger partial charge in [-0.3, -0.25) is 4.79 Å². The molecule has 1 heterocycles. The Kier molecular flexibility index (Phi) is 3.36. The van der Waals surface area contributed by atoms with Gasteiger partial charge < -0.3 is 11.1 Å². The lowest BCUT2D eigenvalue weighted by atomic mass is 10.0. The molecule has 3 N–H and O–H groups in total. The third-order valence-electron chi connectivity index (χ3n) is 2.78. The molecule has 1 saturated carbocycles. The normalized spacial score (nSPS) is 24.4.